The molecule has 0 unspecified atom stereocenters. The van der Waals surface area contributed by atoms with Gasteiger partial charge < -0.3 is 10.2 Å². The van der Waals surface area contributed by atoms with Gasteiger partial charge in [0.2, 0.25) is 5.91 Å². The highest BCUT2D eigenvalue weighted by Gasteiger charge is 2.24. The second-order valence-electron chi connectivity index (χ2n) is 6.52. The number of carbonyl (C=O) groups excluding carboxylic acids is 2. The molecule has 27 heavy (non-hydrogen) atoms. The van der Waals surface area contributed by atoms with Gasteiger partial charge in [-0.15, -0.1) is 0 Å². The zero-order chi connectivity index (χ0) is 19.4. The molecule has 3 rings (SSSR count). The van der Waals surface area contributed by atoms with Crippen molar-refractivity contribution in [3.05, 3.63) is 59.9 Å². The van der Waals surface area contributed by atoms with Gasteiger partial charge in [0.25, 0.3) is 5.91 Å². The molecule has 0 aliphatic carbocycles. The maximum Gasteiger partial charge on any atom is 0.271 e. The van der Waals surface area contributed by atoms with Crippen LogP contribution in [0.15, 0.2) is 53.6 Å². The Kier molecular flexibility index (Phi) is 5.49. The number of amides is 2. The number of hydrazone groups is 1. The van der Waals surface area contributed by atoms with Gasteiger partial charge in [0.1, 0.15) is 11.5 Å². The lowest BCUT2D eigenvalue weighted by Crippen LogP contribution is -2.36. The van der Waals surface area contributed by atoms with Crippen LogP contribution in [0.5, 0.6) is 0 Å². The molecule has 0 spiro atoms. The summed E-state index contributed by atoms with van der Waals surface area (Å²) in [7, 11) is 3.88. The van der Waals surface area contributed by atoms with Gasteiger partial charge in [0, 0.05) is 38.3 Å². The van der Waals surface area contributed by atoms with Crippen molar-refractivity contribution in [2.24, 2.45) is 5.10 Å². The second kappa shape index (κ2) is 7.99. The van der Waals surface area contributed by atoms with Gasteiger partial charge in [-0.05, 0) is 42.0 Å². The van der Waals surface area contributed by atoms with Gasteiger partial charge in [-0.25, -0.2) is 9.40 Å². The summed E-state index contributed by atoms with van der Waals surface area (Å²) in [5.74, 6) is -0.831. The number of hydrogen-bond donors (Lipinski definition) is 1. The predicted molar refractivity (Wildman–Crippen MR) is 103 cm³/mol. The third kappa shape index (κ3) is 4.69. The molecule has 0 saturated carbocycles. The lowest BCUT2D eigenvalue weighted by atomic mass is 10.1. The smallest absolute Gasteiger partial charge is 0.271 e. The van der Waals surface area contributed by atoms with Crippen LogP contribution in [0.3, 0.4) is 0 Å². The maximum absolute atomic E-state index is 13.0. The standard InChI is InChI=1S/C20H21FN4O2/c1-24(2)17-9-7-16(8-10-17)22-20(27)18-11-12-19(26)25(23-18)13-14-3-5-15(21)6-4-14/h3-10H,11-13H2,1-2H3,(H,22,27). The Labute approximate surface area is 157 Å². The summed E-state index contributed by atoms with van der Waals surface area (Å²) < 4.78 is 13.0. The summed E-state index contributed by atoms with van der Waals surface area (Å²) in [6.07, 6.45) is 0.507. The number of halogens is 1. The summed E-state index contributed by atoms with van der Waals surface area (Å²) in [6.45, 7) is 0.202. The van der Waals surface area contributed by atoms with Gasteiger partial charge >= 0.3 is 0 Å². The molecule has 0 atom stereocenters. The Balaban J connectivity index is 1.69. The highest BCUT2D eigenvalue weighted by molar-refractivity contribution is 6.43. The Morgan fingerprint density at radius 3 is 2.41 bits per heavy atom. The Hall–Kier alpha value is -3.22. The fraction of sp³-hybridized carbons (Fsp3) is 0.250. The minimum absolute atomic E-state index is 0.161. The van der Waals surface area contributed by atoms with E-state index in [-0.39, 0.29) is 30.6 Å². The topological polar surface area (TPSA) is 65.0 Å². The first-order chi connectivity index (χ1) is 12.9. The molecule has 7 heteroatoms. The highest BCUT2D eigenvalue weighted by Crippen LogP contribution is 2.18. The van der Waals surface area contributed by atoms with Crippen LogP contribution in [0.4, 0.5) is 15.8 Å². The van der Waals surface area contributed by atoms with Gasteiger partial charge in [-0.3, -0.25) is 9.59 Å². The Bertz CT molecular complexity index is 861. The number of nitrogens with zero attached hydrogens (tertiary/aromatic N) is 3. The maximum atomic E-state index is 13.0. The summed E-state index contributed by atoms with van der Waals surface area (Å²) in [5, 5.41) is 8.28. The van der Waals surface area contributed by atoms with Crippen molar-refractivity contribution >= 4 is 28.9 Å². The van der Waals surface area contributed by atoms with E-state index in [1.54, 1.807) is 12.1 Å². The number of benzene rings is 2. The molecule has 1 aliphatic rings. The summed E-state index contributed by atoms with van der Waals surface area (Å²) in [6, 6.07) is 13.3. The molecule has 0 radical (unpaired) electrons. The zero-order valence-corrected chi connectivity index (χ0v) is 15.3. The molecule has 2 amide bonds. The number of nitrogens with one attached hydrogen (secondary N) is 1. The molecule has 2 aromatic rings. The van der Waals surface area contributed by atoms with Gasteiger partial charge in [-0.1, -0.05) is 12.1 Å². The molecule has 2 aromatic carbocycles. The van der Waals surface area contributed by atoms with Crippen LogP contribution in [-0.4, -0.2) is 36.6 Å². The lowest BCUT2D eigenvalue weighted by Gasteiger charge is -2.23. The third-order valence-corrected chi connectivity index (χ3v) is 4.25. The summed E-state index contributed by atoms with van der Waals surface area (Å²) >= 11 is 0. The number of rotatable bonds is 5. The summed E-state index contributed by atoms with van der Waals surface area (Å²) in [5.41, 5.74) is 2.73. The third-order valence-electron chi connectivity index (χ3n) is 4.25. The van der Waals surface area contributed by atoms with Crippen molar-refractivity contribution in [1.82, 2.24) is 5.01 Å². The average Bonchev–Trinajstić information content (AvgIpc) is 2.65. The van der Waals surface area contributed by atoms with Crippen molar-refractivity contribution in [1.29, 1.82) is 0 Å². The largest absolute Gasteiger partial charge is 0.378 e. The van der Waals surface area contributed by atoms with E-state index in [2.05, 4.69) is 10.4 Å². The van der Waals surface area contributed by atoms with E-state index >= 15 is 0 Å². The molecule has 6 nitrogen and oxygen atoms in total. The first-order valence-electron chi connectivity index (χ1n) is 8.63. The van der Waals surface area contributed by atoms with E-state index in [0.717, 1.165) is 11.3 Å². The normalized spacial score (nSPS) is 14.0. The molecule has 1 aliphatic heterocycles. The van der Waals surface area contributed by atoms with Crippen LogP contribution >= 0.6 is 0 Å². The monoisotopic (exact) mass is 368 g/mol. The molecule has 0 aromatic heterocycles. The second-order valence-corrected chi connectivity index (χ2v) is 6.52. The fourth-order valence-corrected chi connectivity index (χ4v) is 2.70. The summed E-state index contributed by atoms with van der Waals surface area (Å²) in [4.78, 5) is 26.6. The van der Waals surface area contributed by atoms with Crippen LogP contribution in [-0.2, 0) is 16.1 Å². The molecular weight excluding hydrogens is 347 g/mol. The molecular formula is C20H21FN4O2. The molecule has 1 heterocycles. The molecule has 1 N–H and O–H groups in total. The van der Waals surface area contributed by atoms with E-state index in [4.69, 9.17) is 0 Å². The van der Waals surface area contributed by atoms with E-state index in [1.807, 2.05) is 43.3 Å². The minimum Gasteiger partial charge on any atom is -0.378 e. The fourth-order valence-electron chi connectivity index (χ4n) is 2.70. The minimum atomic E-state index is -0.340. The van der Waals surface area contributed by atoms with Gasteiger partial charge in [-0.2, -0.15) is 5.10 Å². The van der Waals surface area contributed by atoms with Crippen molar-refractivity contribution in [3.8, 4) is 0 Å². The van der Waals surface area contributed by atoms with E-state index < -0.39 is 0 Å². The van der Waals surface area contributed by atoms with Gasteiger partial charge in [0.05, 0.1) is 6.54 Å². The molecule has 0 fully saturated rings. The van der Waals surface area contributed by atoms with E-state index in [0.29, 0.717) is 17.8 Å². The lowest BCUT2D eigenvalue weighted by molar-refractivity contribution is -0.132. The molecule has 0 saturated heterocycles. The van der Waals surface area contributed by atoms with Crippen LogP contribution < -0.4 is 10.2 Å². The van der Waals surface area contributed by atoms with Crippen LogP contribution in [0, 0.1) is 5.82 Å². The Morgan fingerprint density at radius 1 is 1.11 bits per heavy atom. The van der Waals surface area contributed by atoms with Crippen molar-refractivity contribution in [3.63, 3.8) is 0 Å². The van der Waals surface area contributed by atoms with Crippen LogP contribution in [0.1, 0.15) is 18.4 Å². The van der Waals surface area contributed by atoms with E-state index in [9.17, 15) is 14.0 Å². The van der Waals surface area contributed by atoms with Crippen molar-refractivity contribution in [2.75, 3.05) is 24.3 Å². The average molecular weight is 368 g/mol. The molecule has 0 bridgehead atoms. The van der Waals surface area contributed by atoms with Crippen molar-refractivity contribution < 1.29 is 14.0 Å². The van der Waals surface area contributed by atoms with Gasteiger partial charge in [0.15, 0.2) is 0 Å². The van der Waals surface area contributed by atoms with E-state index in [1.165, 1.54) is 17.1 Å². The SMILES string of the molecule is CN(C)c1ccc(NC(=O)C2=NN(Cc3ccc(F)cc3)C(=O)CC2)cc1. The Morgan fingerprint density at radius 2 is 1.78 bits per heavy atom. The molecule has 140 valence electrons. The number of anilines is 2. The van der Waals surface area contributed by atoms with Crippen LogP contribution in [0.25, 0.3) is 0 Å². The number of hydrogen-bond acceptors (Lipinski definition) is 4. The first-order valence-corrected chi connectivity index (χ1v) is 8.63. The predicted octanol–water partition coefficient (Wildman–Crippen LogP) is 3.01. The first kappa shape index (κ1) is 18.6. The quantitative estimate of drug-likeness (QED) is 0.882. The number of carbonyl (C=O) groups is 2. The zero-order valence-electron chi connectivity index (χ0n) is 15.3. The highest BCUT2D eigenvalue weighted by atomic mass is 19.1. The van der Waals surface area contributed by atoms with Crippen LogP contribution in [0.2, 0.25) is 0 Å². The van der Waals surface area contributed by atoms with Crippen molar-refractivity contribution in [2.45, 2.75) is 19.4 Å².